The van der Waals surface area contributed by atoms with Gasteiger partial charge in [-0.05, 0) is 29.2 Å². The van der Waals surface area contributed by atoms with Crippen molar-refractivity contribution in [3.8, 4) is 0 Å². The van der Waals surface area contributed by atoms with E-state index < -0.39 is 5.91 Å². The van der Waals surface area contributed by atoms with Gasteiger partial charge in [0, 0.05) is 23.5 Å². The summed E-state index contributed by atoms with van der Waals surface area (Å²) in [6, 6.07) is 14.2. The van der Waals surface area contributed by atoms with E-state index in [9.17, 15) is 9.18 Å². The summed E-state index contributed by atoms with van der Waals surface area (Å²) in [7, 11) is 0. The molecule has 6 heteroatoms. The van der Waals surface area contributed by atoms with Crippen LogP contribution in [0.5, 0.6) is 0 Å². The predicted octanol–water partition coefficient (Wildman–Crippen LogP) is 4.07. The van der Waals surface area contributed by atoms with E-state index in [4.69, 9.17) is 5.21 Å². The zero-order valence-electron chi connectivity index (χ0n) is 12.6. The van der Waals surface area contributed by atoms with Crippen molar-refractivity contribution >= 4 is 29.4 Å². The molecular weight excluding hydrogens is 327 g/mol. The molecule has 1 unspecified atom stereocenters. The highest BCUT2D eigenvalue weighted by Gasteiger charge is 2.26. The molecule has 4 nitrogen and oxygen atoms in total. The van der Waals surface area contributed by atoms with Gasteiger partial charge >= 0.3 is 0 Å². The van der Waals surface area contributed by atoms with Crippen LogP contribution in [0, 0.1) is 5.82 Å². The molecule has 122 valence electrons. The number of amides is 1. The number of para-hydroxylation sites is 1. The number of carbonyl (C=O) groups excluding carboxylic acids is 1. The van der Waals surface area contributed by atoms with Gasteiger partial charge in [-0.1, -0.05) is 36.4 Å². The van der Waals surface area contributed by atoms with Gasteiger partial charge in [0.15, 0.2) is 0 Å². The molecule has 1 heterocycles. The Hall–Kier alpha value is -2.57. The third-order valence-electron chi connectivity index (χ3n) is 3.59. The summed E-state index contributed by atoms with van der Waals surface area (Å²) in [5, 5.41) is 10.3. The summed E-state index contributed by atoms with van der Waals surface area (Å²) in [5.74, 6) is -0.863. The summed E-state index contributed by atoms with van der Waals surface area (Å²) >= 11 is 1.51. The van der Waals surface area contributed by atoms with Gasteiger partial charge in [0.05, 0.1) is 0 Å². The van der Waals surface area contributed by atoms with Crippen molar-refractivity contribution in [3.63, 3.8) is 0 Å². The molecule has 0 aromatic heterocycles. The second-order valence-electron chi connectivity index (χ2n) is 5.07. The summed E-state index contributed by atoms with van der Waals surface area (Å²) in [4.78, 5) is 13.2. The van der Waals surface area contributed by atoms with E-state index in [1.807, 2.05) is 46.8 Å². The maximum absolute atomic E-state index is 14.2. The molecule has 0 saturated heterocycles. The summed E-state index contributed by atoms with van der Waals surface area (Å²) in [6.45, 7) is 0. The van der Waals surface area contributed by atoms with Crippen LogP contribution in [-0.2, 0) is 4.79 Å². The van der Waals surface area contributed by atoms with E-state index in [0.717, 1.165) is 11.3 Å². The highest BCUT2D eigenvalue weighted by atomic mass is 32.2. The van der Waals surface area contributed by atoms with Gasteiger partial charge in [-0.25, -0.2) is 9.87 Å². The average molecular weight is 342 g/mol. The van der Waals surface area contributed by atoms with Crippen LogP contribution >= 0.6 is 11.8 Å². The smallest absolute Gasteiger partial charge is 0.267 e. The molecule has 1 aliphatic heterocycles. The summed E-state index contributed by atoms with van der Waals surface area (Å²) < 4.78 is 14.2. The van der Waals surface area contributed by atoms with Gasteiger partial charge < -0.3 is 4.90 Å². The third kappa shape index (κ3) is 3.34. The van der Waals surface area contributed by atoms with Crippen LogP contribution < -0.4 is 10.4 Å². The Kier molecular flexibility index (Phi) is 4.98. The van der Waals surface area contributed by atoms with Crippen LogP contribution in [0.1, 0.15) is 16.5 Å². The molecule has 0 aliphatic carbocycles. The number of hydrogen-bond acceptors (Lipinski definition) is 4. The van der Waals surface area contributed by atoms with Crippen LogP contribution in [0.15, 0.2) is 66.2 Å². The van der Waals surface area contributed by atoms with Crippen molar-refractivity contribution in [3.05, 3.63) is 83.2 Å². The van der Waals surface area contributed by atoms with E-state index in [1.54, 1.807) is 23.7 Å². The highest BCUT2D eigenvalue weighted by Crippen LogP contribution is 2.43. The van der Waals surface area contributed by atoms with E-state index in [2.05, 4.69) is 0 Å². The highest BCUT2D eigenvalue weighted by molar-refractivity contribution is 8.02. The van der Waals surface area contributed by atoms with Crippen molar-refractivity contribution < 1.29 is 14.4 Å². The van der Waals surface area contributed by atoms with Crippen molar-refractivity contribution in [2.75, 3.05) is 4.90 Å². The zero-order chi connectivity index (χ0) is 16.9. The number of hydrogen-bond donors (Lipinski definition) is 2. The normalized spacial score (nSPS) is 16.8. The predicted molar refractivity (Wildman–Crippen MR) is 93.8 cm³/mol. The number of rotatable bonds is 4. The fourth-order valence-electron chi connectivity index (χ4n) is 2.49. The topological polar surface area (TPSA) is 52.6 Å². The number of halogens is 1. The minimum absolute atomic E-state index is 0.215. The monoisotopic (exact) mass is 342 g/mol. The lowest BCUT2D eigenvalue weighted by Gasteiger charge is -2.27. The minimum atomic E-state index is -0.609. The first-order chi connectivity index (χ1) is 11.7. The third-order valence-corrected chi connectivity index (χ3v) is 4.61. The van der Waals surface area contributed by atoms with E-state index in [1.165, 1.54) is 23.9 Å². The van der Waals surface area contributed by atoms with E-state index in [0.29, 0.717) is 5.56 Å². The van der Waals surface area contributed by atoms with Gasteiger partial charge in [-0.15, -0.1) is 11.8 Å². The van der Waals surface area contributed by atoms with Gasteiger partial charge in [-0.3, -0.25) is 10.0 Å². The second-order valence-corrected chi connectivity index (χ2v) is 6.06. The van der Waals surface area contributed by atoms with Crippen LogP contribution in [0.2, 0.25) is 0 Å². The molecule has 1 aliphatic rings. The Labute approximate surface area is 143 Å². The number of benzene rings is 2. The Morgan fingerprint density at radius 2 is 1.96 bits per heavy atom. The van der Waals surface area contributed by atoms with Crippen molar-refractivity contribution in [1.82, 2.24) is 5.48 Å². The molecule has 0 bridgehead atoms. The van der Waals surface area contributed by atoms with Crippen LogP contribution in [-0.4, -0.2) is 11.1 Å². The molecule has 0 fully saturated rings. The van der Waals surface area contributed by atoms with Crippen LogP contribution in [0.4, 0.5) is 10.1 Å². The lowest BCUT2D eigenvalue weighted by molar-refractivity contribution is -0.124. The molecule has 0 radical (unpaired) electrons. The number of carbonyl (C=O) groups is 1. The first-order valence-electron chi connectivity index (χ1n) is 7.27. The number of nitrogens with one attached hydrogen (secondary N) is 1. The first kappa shape index (κ1) is 16.3. The summed E-state index contributed by atoms with van der Waals surface area (Å²) in [6.07, 6.45) is 4.74. The average Bonchev–Trinajstić information content (AvgIpc) is 3.09. The molecule has 2 N–H and O–H groups in total. The quantitative estimate of drug-likeness (QED) is 0.500. The molecule has 1 atom stereocenters. The van der Waals surface area contributed by atoms with Crippen molar-refractivity contribution in [2.24, 2.45) is 0 Å². The standard InChI is InChI=1S/C18H15FN2O2S/c19-15-7-3-2-6-14(15)18-21(11-12-24-18)16-8-4-1-5-13(16)9-10-17(22)20-23/h1-12,18,23H,(H,20,22)/b10-9+. The number of anilines is 1. The Bertz CT molecular complexity index is 807. The summed E-state index contributed by atoms with van der Waals surface area (Å²) in [5.41, 5.74) is 3.78. The molecule has 1 amide bonds. The van der Waals surface area contributed by atoms with Gasteiger partial charge in [0.2, 0.25) is 0 Å². The number of thioether (sulfide) groups is 1. The zero-order valence-corrected chi connectivity index (χ0v) is 13.4. The van der Waals surface area contributed by atoms with E-state index >= 15 is 0 Å². The Morgan fingerprint density at radius 3 is 2.75 bits per heavy atom. The van der Waals surface area contributed by atoms with E-state index in [-0.39, 0.29) is 11.2 Å². The second kappa shape index (κ2) is 7.33. The fourth-order valence-corrected chi connectivity index (χ4v) is 3.49. The first-order valence-corrected chi connectivity index (χ1v) is 8.21. The molecule has 2 aromatic rings. The van der Waals surface area contributed by atoms with Crippen LogP contribution in [0.3, 0.4) is 0 Å². The molecule has 24 heavy (non-hydrogen) atoms. The fraction of sp³-hybridized carbons (Fsp3) is 0.0556. The maximum atomic E-state index is 14.2. The van der Waals surface area contributed by atoms with Crippen molar-refractivity contribution in [2.45, 2.75) is 5.37 Å². The number of hydroxylamine groups is 1. The molecule has 3 rings (SSSR count). The lowest BCUT2D eigenvalue weighted by atomic mass is 10.1. The Morgan fingerprint density at radius 1 is 1.21 bits per heavy atom. The Balaban J connectivity index is 1.96. The van der Waals surface area contributed by atoms with Gasteiger partial charge in [0.25, 0.3) is 5.91 Å². The maximum Gasteiger partial charge on any atom is 0.267 e. The largest absolute Gasteiger partial charge is 0.330 e. The SMILES string of the molecule is O=C(/C=C/c1ccccc1N1C=CSC1c1ccccc1F)NO. The van der Waals surface area contributed by atoms with Gasteiger partial charge in [-0.2, -0.15) is 0 Å². The molecule has 0 saturated carbocycles. The van der Waals surface area contributed by atoms with Crippen molar-refractivity contribution in [1.29, 1.82) is 0 Å². The lowest BCUT2D eigenvalue weighted by Crippen LogP contribution is -2.19. The molecule has 0 spiro atoms. The van der Waals surface area contributed by atoms with Crippen LogP contribution in [0.25, 0.3) is 6.08 Å². The minimum Gasteiger partial charge on any atom is -0.330 e. The molecule has 2 aromatic carbocycles. The molecular formula is C18H15FN2O2S. The van der Waals surface area contributed by atoms with Gasteiger partial charge in [0.1, 0.15) is 11.2 Å². The number of nitrogens with zero attached hydrogens (tertiary/aromatic N) is 1.